The van der Waals surface area contributed by atoms with Crippen LogP contribution in [-0.4, -0.2) is 29.6 Å². The third-order valence-electron chi connectivity index (χ3n) is 6.53. The van der Waals surface area contributed by atoms with Crippen LogP contribution in [0.3, 0.4) is 0 Å². The summed E-state index contributed by atoms with van der Waals surface area (Å²) in [6.07, 6.45) is 5.42. The minimum absolute atomic E-state index is 0.0357. The number of rotatable bonds is 8. The van der Waals surface area contributed by atoms with Crippen molar-refractivity contribution in [2.45, 2.75) is 98.6 Å². The van der Waals surface area contributed by atoms with Crippen LogP contribution >= 0.6 is 0 Å². The van der Waals surface area contributed by atoms with E-state index in [1.54, 1.807) is 0 Å². The van der Waals surface area contributed by atoms with Crippen LogP contribution in [0.1, 0.15) is 80.1 Å². The van der Waals surface area contributed by atoms with Crippen molar-refractivity contribution < 1.29 is 19.4 Å². The third-order valence-corrected chi connectivity index (χ3v) is 6.53. The normalized spacial score (nSPS) is 36.6. The average molecular weight is 369 g/mol. The third kappa shape index (κ3) is 5.01. The van der Waals surface area contributed by atoms with Gasteiger partial charge in [0.05, 0.1) is 18.1 Å². The summed E-state index contributed by atoms with van der Waals surface area (Å²) in [5, 5.41) is 10.6. The molecule has 0 aromatic heterocycles. The van der Waals surface area contributed by atoms with Crippen molar-refractivity contribution >= 4 is 5.97 Å². The van der Waals surface area contributed by atoms with Crippen molar-refractivity contribution in [1.29, 1.82) is 0 Å². The van der Waals surface area contributed by atoms with E-state index >= 15 is 0 Å². The van der Waals surface area contributed by atoms with Crippen LogP contribution in [0.25, 0.3) is 0 Å². The van der Waals surface area contributed by atoms with E-state index in [9.17, 15) is 9.90 Å². The summed E-state index contributed by atoms with van der Waals surface area (Å²) in [7, 11) is 0. The molecule has 1 aliphatic carbocycles. The number of carbonyl (C=O) groups excluding carboxylic acids is 1. The van der Waals surface area contributed by atoms with E-state index in [2.05, 4.69) is 27.7 Å². The number of carbonyl (C=O) groups is 1. The Hall–Kier alpha value is -0.610. The van der Waals surface area contributed by atoms with E-state index in [-0.39, 0.29) is 23.9 Å². The number of esters is 1. The fourth-order valence-electron chi connectivity index (χ4n) is 4.76. The summed E-state index contributed by atoms with van der Waals surface area (Å²) in [6.45, 7) is 12.9. The van der Waals surface area contributed by atoms with Gasteiger partial charge in [-0.3, -0.25) is 4.79 Å². The van der Waals surface area contributed by atoms with Crippen LogP contribution in [0.15, 0.2) is 0 Å². The zero-order chi connectivity index (χ0) is 19.4. The Balaban J connectivity index is 2.15. The lowest BCUT2D eigenvalue weighted by atomic mass is 9.75. The molecule has 7 atom stereocenters. The highest BCUT2D eigenvalue weighted by Crippen LogP contribution is 2.41. The Morgan fingerprint density at radius 1 is 1.23 bits per heavy atom. The van der Waals surface area contributed by atoms with Crippen molar-refractivity contribution in [3.05, 3.63) is 0 Å². The van der Waals surface area contributed by atoms with Gasteiger partial charge in [-0.05, 0) is 42.9 Å². The summed E-state index contributed by atoms with van der Waals surface area (Å²) in [6, 6.07) is 0. The summed E-state index contributed by atoms with van der Waals surface area (Å²) < 4.78 is 12.2. The van der Waals surface area contributed by atoms with Crippen LogP contribution in [0.5, 0.6) is 0 Å². The highest BCUT2D eigenvalue weighted by molar-refractivity contribution is 5.75. The van der Waals surface area contributed by atoms with E-state index in [1.165, 1.54) is 12.8 Å². The van der Waals surface area contributed by atoms with Crippen molar-refractivity contribution in [3.8, 4) is 0 Å². The van der Waals surface area contributed by atoms with E-state index in [1.807, 2.05) is 13.8 Å². The van der Waals surface area contributed by atoms with Gasteiger partial charge in [0.2, 0.25) is 6.29 Å². The first-order valence-corrected chi connectivity index (χ1v) is 10.8. The molecule has 0 radical (unpaired) electrons. The average Bonchev–Trinajstić information content (AvgIpc) is 2.86. The number of aliphatic hydroxyl groups is 1. The first-order valence-electron chi connectivity index (χ1n) is 10.8. The molecule has 1 unspecified atom stereocenters. The maximum Gasteiger partial charge on any atom is 0.314 e. The molecular weight excluding hydrogens is 328 g/mol. The van der Waals surface area contributed by atoms with Gasteiger partial charge in [-0.15, -0.1) is 0 Å². The lowest BCUT2D eigenvalue weighted by Crippen LogP contribution is -2.40. The SMILES string of the molecule is CCCC[C@@H]1C([C@@H](O)C(C)C)C(=O)O[C@H]1O[C@@H]1C[C@H](C)CC[C@H]1C(C)C. The van der Waals surface area contributed by atoms with Gasteiger partial charge in [-0.1, -0.05) is 60.8 Å². The molecule has 1 N–H and O–H groups in total. The molecule has 4 heteroatoms. The van der Waals surface area contributed by atoms with Gasteiger partial charge in [0.1, 0.15) is 0 Å². The summed E-state index contributed by atoms with van der Waals surface area (Å²) >= 11 is 0. The van der Waals surface area contributed by atoms with Gasteiger partial charge in [0.15, 0.2) is 0 Å². The Bertz CT molecular complexity index is 447. The van der Waals surface area contributed by atoms with Gasteiger partial charge >= 0.3 is 5.97 Å². The second-order valence-corrected chi connectivity index (χ2v) is 9.37. The molecular formula is C22H40O4. The van der Waals surface area contributed by atoms with E-state index in [0.29, 0.717) is 17.8 Å². The first kappa shape index (κ1) is 21.7. The van der Waals surface area contributed by atoms with Gasteiger partial charge in [-0.2, -0.15) is 0 Å². The second kappa shape index (κ2) is 9.54. The zero-order valence-electron chi connectivity index (χ0n) is 17.6. The fraction of sp³-hybridized carbons (Fsp3) is 0.955. The van der Waals surface area contributed by atoms with Crippen LogP contribution in [0.2, 0.25) is 0 Å². The largest absolute Gasteiger partial charge is 0.435 e. The molecule has 2 fully saturated rings. The molecule has 1 aliphatic heterocycles. The standard InChI is InChI=1S/C22H40O4/c1-7-8-9-17-19(20(23)14(4)5)21(24)26-22(17)25-18-12-15(6)10-11-16(18)13(2)3/h13-20,22-23H,7-12H2,1-6H3/t15-,16+,17-,18-,19?,20+,22-/m1/s1. The Morgan fingerprint density at radius 3 is 2.50 bits per heavy atom. The molecule has 4 nitrogen and oxygen atoms in total. The van der Waals surface area contributed by atoms with Gasteiger partial charge in [-0.25, -0.2) is 0 Å². The number of hydrogen-bond acceptors (Lipinski definition) is 4. The molecule has 26 heavy (non-hydrogen) atoms. The van der Waals surface area contributed by atoms with Gasteiger partial charge in [0.25, 0.3) is 0 Å². The van der Waals surface area contributed by atoms with Crippen molar-refractivity contribution in [3.63, 3.8) is 0 Å². The minimum atomic E-state index is -0.663. The molecule has 0 aromatic rings. The maximum absolute atomic E-state index is 12.6. The monoisotopic (exact) mass is 368 g/mol. The second-order valence-electron chi connectivity index (χ2n) is 9.37. The van der Waals surface area contributed by atoms with E-state index in [0.717, 1.165) is 25.7 Å². The Kier molecular flexibility index (Phi) is 7.96. The van der Waals surface area contributed by atoms with E-state index < -0.39 is 18.3 Å². The zero-order valence-corrected chi connectivity index (χ0v) is 17.6. The predicted octanol–water partition coefficient (Wildman–Crippen LogP) is 4.79. The lowest BCUT2D eigenvalue weighted by molar-refractivity contribution is -0.196. The molecule has 1 saturated heterocycles. The molecule has 2 rings (SSSR count). The molecule has 0 aromatic carbocycles. The number of cyclic esters (lactones) is 1. The number of aliphatic hydroxyl groups excluding tert-OH is 1. The number of unbranched alkanes of at least 4 members (excludes halogenated alkanes) is 1. The number of ether oxygens (including phenoxy) is 2. The van der Waals surface area contributed by atoms with Crippen molar-refractivity contribution in [2.24, 2.45) is 35.5 Å². The smallest absolute Gasteiger partial charge is 0.314 e. The first-order chi connectivity index (χ1) is 12.3. The number of hydrogen-bond donors (Lipinski definition) is 1. The molecule has 1 heterocycles. The summed E-state index contributed by atoms with van der Waals surface area (Å²) in [5.74, 6) is 1.01. The quantitative estimate of drug-likeness (QED) is 0.626. The van der Waals surface area contributed by atoms with Crippen molar-refractivity contribution in [2.75, 3.05) is 0 Å². The lowest BCUT2D eigenvalue weighted by Gasteiger charge is -2.39. The minimum Gasteiger partial charge on any atom is -0.435 e. The maximum atomic E-state index is 12.6. The van der Waals surface area contributed by atoms with Crippen molar-refractivity contribution in [1.82, 2.24) is 0 Å². The van der Waals surface area contributed by atoms with Crippen LogP contribution in [0, 0.1) is 35.5 Å². The molecule has 0 spiro atoms. The van der Waals surface area contributed by atoms with Crippen LogP contribution < -0.4 is 0 Å². The molecule has 152 valence electrons. The summed E-state index contributed by atoms with van der Waals surface area (Å²) in [5.41, 5.74) is 0. The van der Waals surface area contributed by atoms with Gasteiger partial charge in [0, 0.05) is 5.92 Å². The van der Waals surface area contributed by atoms with Crippen LogP contribution in [-0.2, 0) is 14.3 Å². The molecule has 2 aliphatic rings. The topological polar surface area (TPSA) is 55.8 Å². The summed E-state index contributed by atoms with van der Waals surface area (Å²) in [4.78, 5) is 12.6. The fourth-order valence-corrected chi connectivity index (χ4v) is 4.76. The Labute approximate surface area is 160 Å². The molecule has 0 amide bonds. The highest BCUT2D eigenvalue weighted by Gasteiger charge is 2.50. The highest BCUT2D eigenvalue weighted by atomic mass is 16.7. The van der Waals surface area contributed by atoms with Crippen LogP contribution in [0.4, 0.5) is 0 Å². The van der Waals surface area contributed by atoms with Gasteiger partial charge < -0.3 is 14.6 Å². The predicted molar refractivity (Wildman–Crippen MR) is 103 cm³/mol. The molecule has 1 saturated carbocycles. The van der Waals surface area contributed by atoms with E-state index in [4.69, 9.17) is 9.47 Å². The molecule has 0 bridgehead atoms. The Morgan fingerprint density at radius 2 is 1.92 bits per heavy atom.